The van der Waals surface area contributed by atoms with Crippen LogP contribution in [0.4, 0.5) is 10.8 Å². The summed E-state index contributed by atoms with van der Waals surface area (Å²) >= 11 is 8.73. The Balaban J connectivity index is 1.27. The van der Waals surface area contributed by atoms with Gasteiger partial charge in [-0.15, -0.1) is 11.8 Å². The van der Waals surface area contributed by atoms with Crippen LogP contribution in [-0.2, 0) is 9.59 Å². The number of rotatable bonds is 10. The fourth-order valence-corrected chi connectivity index (χ4v) is 6.01. The molecule has 5 aromatic rings. The maximum atomic E-state index is 13.4. The second kappa shape index (κ2) is 14.2. The number of amides is 3. The Bertz CT molecular complexity index is 1840. The minimum Gasteiger partial charge on any atom is -0.497 e. The summed E-state index contributed by atoms with van der Waals surface area (Å²) < 4.78 is 6.18. The van der Waals surface area contributed by atoms with E-state index in [1.165, 1.54) is 23.1 Å². The summed E-state index contributed by atoms with van der Waals surface area (Å²) in [5.74, 6) is -0.407. The molecule has 44 heavy (non-hydrogen) atoms. The first-order chi connectivity index (χ1) is 21.3. The molecular formula is C33H27ClN4O4S2. The van der Waals surface area contributed by atoms with Gasteiger partial charge in [-0.05, 0) is 79.2 Å². The van der Waals surface area contributed by atoms with Crippen LogP contribution in [0.2, 0.25) is 5.02 Å². The van der Waals surface area contributed by atoms with E-state index < -0.39 is 17.1 Å². The summed E-state index contributed by atoms with van der Waals surface area (Å²) in [6, 6.07) is 28.2. The van der Waals surface area contributed by atoms with Gasteiger partial charge in [0.2, 0.25) is 5.91 Å². The molecular weight excluding hydrogens is 616 g/mol. The van der Waals surface area contributed by atoms with Gasteiger partial charge in [0.1, 0.15) is 11.4 Å². The lowest BCUT2D eigenvalue weighted by atomic mass is 10.1. The van der Waals surface area contributed by atoms with Crippen molar-refractivity contribution in [3.05, 3.63) is 119 Å². The van der Waals surface area contributed by atoms with Gasteiger partial charge in [0.15, 0.2) is 5.13 Å². The van der Waals surface area contributed by atoms with Gasteiger partial charge >= 0.3 is 0 Å². The van der Waals surface area contributed by atoms with Gasteiger partial charge in [0, 0.05) is 21.2 Å². The SMILES string of the molecule is COc1ccc2nc(NC(=O)C(C)Sc3cccc(NC(=O)/C(=C/c4ccc(Cl)cc4)NC(=O)c4ccccc4)c3)sc2c1. The Hall–Kier alpha value is -4.64. The van der Waals surface area contributed by atoms with Gasteiger partial charge in [-0.25, -0.2) is 4.98 Å². The van der Waals surface area contributed by atoms with E-state index in [4.69, 9.17) is 16.3 Å². The van der Waals surface area contributed by atoms with Crippen LogP contribution in [0.5, 0.6) is 5.75 Å². The molecule has 11 heteroatoms. The van der Waals surface area contributed by atoms with Crippen molar-refractivity contribution in [3.63, 3.8) is 0 Å². The van der Waals surface area contributed by atoms with E-state index in [0.717, 1.165) is 20.9 Å². The third-order valence-electron chi connectivity index (χ3n) is 6.31. The molecule has 0 saturated heterocycles. The molecule has 0 saturated carbocycles. The lowest BCUT2D eigenvalue weighted by Gasteiger charge is -2.13. The topological polar surface area (TPSA) is 109 Å². The van der Waals surface area contributed by atoms with E-state index in [1.54, 1.807) is 86.8 Å². The zero-order chi connectivity index (χ0) is 31.1. The highest BCUT2D eigenvalue weighted by atomic mass is 35.5. The van der Waals surface area contributed by atoms with E-state index in [2.05, 4.69) is 20.9 Å². The number of carbonyl (C=O) groups is 3. The zero-order valence-electron chi connectivity index (χ0n) is 23.7. The molecule has 0 fully saturated rings. The molecule has 3 amide bonds. The molecule has 1 aromatic heterocycles. The summed E-state index contributed by atoms with van der Waals surface area (Å²) in [4.78, 5) is 44.5. The second-order valence-electron chi connectivity index (χ2n) is 9.51. The molecule has 1 unspecified atom stereocenters. The number of thiazole rings is 1. The number of halogens is 1. The normalized spacial score (nSPS) is 11.9. The van der Waals surface area contributed by atoms with E-state index >= 15 is 0 Å². The third kappa shape index (κ3) is 8.04. The van der Waals surface area contributed by atoms with Crippen molar-refractivity contribution in [3.8, 4) is 5.75 Å². The van der Waals surface area contributed by atoms with Gasteiger partial charge in [-0.2, -0.15) is 0 Å². The predicted octanol–water partition coefficient (Wildman–Crippen LogP) is 7.49. The average Bonchev–Trinajstić information content (AvgIpc) is 3.43. The van der Waals surface area contributed by atoms with Gasteiger partial charge < -0.3 is 20.7 Å². The van der Waals surface area contributed by atoms with Crippen LogP contribution in [0.15, 0.2) is 108 Å². The largest absolute Gasteiger partial charge is 0.497 e. The lowest BCUT2D eigenvalue weighted by Crippen LogP contribution is -2.30. The molecule has 5 rings (SSSR count). The quantitative estimate of drug-likeness (QED) is 0.108. The summed E-state index contributed by atoms with van der Waals surface area (Å²) in [6.07, 6.45) is 1.58. The summed E-state index contributed by atoms with van der Waals surface area (Å²) in [6.45, 7) is 1.80. The molecule has 8 nitrogen and oxygen atoms in total. The Morgan fingerprint density at radius 1 is 0.932 bits per heavy atom. The Morgan fingerprint density at radius 2 is 1.70 bits per heavy atom. The van der Waals surface area contributed by atoms with Gasteiger partial charge in [-0.1, -0.05) is 59.3 Å². The van der Waals surface area contributed by atoms with Crippen molar-refractivity contribution in [2.24, 2.45) is 0 Å². The van der Waals surface area contributed by atoms with Crippen LogP contribution in [0.25, 0.3) is 16.3 Å². The van der Waals surface area contributed by atoms with Gasteiger partial charge in [0.25, 0.3) is 11.8 Å². The van der Waals surface area contributed by atoms with Crippen molar-refractivity contribution in [1.82, 2.24) is 10.3 Å². The number of ether oxygens (including phenoxy) is 1. The highest BCUT2D eigenvalue weighted by molar-refractivity contribution is 8.00. The highest BCUT2D eigenvalue weighted by Crippen LogP contribution is 2.31. The number of nitrogens with zero attached hydrogens (tertiary/aromatic N) is 1. The van der Waals surface area contributed by atoms with Crippen molar-refractivity contribution >= 4 is 79.5 Å². The highest BCUT2D eigenvalue weighted by Gasteiger charge is 2.18. The zero-order valence-corrected chi connectivity index (χ0v) is 26.1. The maximum Gasteiger partial charge on any atom is 0.272 e. The molecule has 1 atom stereocenters. The molecule has 0 aliphatic heterocycles. The summed E-state index contributed by atoms with van der Waals surface area (Å²) in [5, 5.41) is 9.08. The average molecular weight is 643 g/mol. The Morgan fingerprint density at radius 3 is 2.45 bits per heavy atom. The molecule has 222 valence electrons. The standard InChI is InChI=1S/C33H27ClN4O4S2/c1-20(30(39)38-33-37-27-16-15-25(42-2)19-29(27)44-33)43-26-10-6-9-24(18-26)35-32(41)28(17-21-11-13-23(34)14-12-21)36-31(40)22-7-4-3-5-8-22/h3-20H,1-2H3,(H,35,41)(H,36,40)(H,37,38,39)/b28-17-. The van der Waals surface area contributed by atoms with Gasteiger partial charge in [-0.3, -0.25) is 14.4 Å². The van der Waals surface area contributed by atoms with E-state index in [9.17, 15) is 14.4 Å². The van der Waals surface area contributed by atoms with Crippen LogP contribution in [0.1, 0.15) is 22.8 Å². The first-order valence-electron chi connectivity index (χ1n) is 13.4. The fraction of sp³-hybridized carbons (Fsp3) is 0.0909. The minimum absolute atomic E-state index is 0.0560. The van der Waals surface area contributed by atoms with E-state index in [1.807, 2.05) is 30.3 Å². The van der Waals surface area contributed by atoms with Crippen LogP contribution in [0, 0.1) is 0 Å². The number of hydrogen-bond donors (Lipinski definition) is 3. The third-order valence-corrected chi connectivity index (χ3v) is 8.59. The first kappa shape index (κ1) is 30.8. The Kier molecular flexibility index (Phi) is 9.96. The van der Waals surface area contributed by atoms with Crippen LogP contribution >= 0.6 is 34.7 Å². The van der Waals surface area contributed by atoms with Crippen LogP contribution in [0.3, 0.4) is 0 Å². The number of hydrogen-bond acceptors (Lipinski definition) is 7. The number of carbonyl (C=O) groups excluding carboxylic acids is 3. The first-order valence-corrected chi connectivity index (χ1v) is 15.5. The molecule has 0 aliphatic carbocycles. The van der Waals surface area contributed by atoms with Gasteiger partial charge in [0.05, 0.1) is 22.6 Å². The van der Waals surface area contributed by atoms with Crippen molar-refractivity contribution in [2.75, 3.05) is 17.7 Å². The molecule has 1 heterocycles. The molecule has 0 spiro atoms. The smallest absolute Gasteiger partial charge is 0.272 e. The number of thioether (sulfide) groups is 1. The van der Waals surface area contributed by atoms with Crippen LogP contribution in [-0.4, -0.2) is 35.1 Å². The monoisotopic (exact) mass is 642 g/mol. The number of aromatic nitrogens is 1. The number of nitrogens with one attached hydrogen (secondary N) is 3. The van der Waals surface area contributed by atoms with E-state index in [0.29, 0.717) is 27.0 Å². The predicted molar refractivity (Wildman–Crippen MR) is 179 cm³/mol. The fourth-order valence-electron chi connectivity index (χ4n) is 4.06. The Labute approximate surface area is 267 Å². The second-order valence-corrected chi connectivity index (χ2v) is 12.4. The van der Waals surface area contributed by atoms with Crippen molar-refractivity contribution in [1.29, 1.82) is 0 Å². The number of benzene rings is 4. The summed E-state index contributed by atoms with van der Waals surface area (Å²) in [7, 11) is 1.60. The number of fused-ring (bicyclic) bond motifs is 1. The number of anilines is 2. The molecule has 0 bridgehead atoms. The van der Waals surface area contributed by atoms with Crippen molar-refractivity contribution < 1.29 is 19.1 Å². The molecule has 0 aliphatic rings. The molecule has 4 aromatic carbocycles. The number of methoxy groups -OCH3 is 1. The molecule has 3 N–H and O–H groups in total. The molecule has 0 radical (unpaired) electrons. The van der Waals surface area contributed by atoms with Crippen molar-refractivity contribution in [2.45, 2.75) is 17.1 Å². The van der Waals surface area contributed by atoms with Crippen LogP contribution < -0.4 is 20.7 Å². The summed E-state index contributed by atoms with van der Waals surface area (Å²) in [5.41, 5.74) is 2.44. The maximum absolute atomic E-state index is 13.4. The minimum atomic E-state index is -0.510. The van der Waals surface area contributed by atoms with E-state index in [-0.39, 0.29) is 11.6 Å². The lowest BCUT2D eigenvalue weighted by molar-refractivity contribution is -0.115.